The summed E-state index contributed by atoms with van der Waals surface area (Å²) in [6.07, 6.45) is 0. The maximum Gasteiger partial charge on any atom is 0.111 e. The molecule has 1 unspecified atom stereocenters. The molecule has 0 bridgehead atoms. The number of nitrogens with zero attached hydrogens (tertiary/aromatic N) is 3. The largest absolute Gasteiger partial charge is 0.322 e. The van der Waals surface area contributed by atoms with Gasteiger partial charge in [0.2, 0.25) is 0 Å². The Morgan fingerprint density at radius 1 is 1.35 bits per heavy atom. The quantitative estimate of drug-likeness (QED) is 0.938. The molecular formula is C15H24N4S. The van der Waals surface area contributed by atoms with E-state index in [1.165, 1.54) is 5.69 Å². The summed E-state index contributed by atoms with van der Waals surface area (Å²) in [6, 6.07) is -0.0388. The van der Waals surface area contributed by atoms with Gasteiger partial charge in [-0.2, -0.15) is 5.10 Å². The number of thiazole rings is 1. The lowest BCUT2D eigenvalue weighted by Gasteiger charge is -2.24. The molecule has 2 N–H and O–H groups in total. The van der Waals surface area contributed by atoms with Crippen LogP contribution in [-0.4, -0.2) is 14.8 Å². The van der Waals surface area contributed by atoms with Gasteiger partial charge in [-0.15, -0.1) is 11.3 Å². The van der Waals surface area contributed by atoms with E-state index in [1.807, 2.05) is 11.6 Å². The SMILES string of the molecule is CCn1nc(C)c(-c2csc(C(N)C(C)(C)C)n2)c1C. The number of aromatic nitrogens is 3. The van der Waals surface area contributed by atoms with Crippen LogP contribution < -0.4 is 5.73 Å². The molecule has 2 aromatic heterocycles. The summed E-state index contributed by atoms with van der Waals surface area (Å²) >= 11 is 1.64. The highest BCUT2D eigenvalue weighted by Gasteiger charge is 2.26. The third-order valence-electron chi connectivity index (χ3n) is 3.66. The molecule has 2 heterocycles. The second kappa shape index (κ2) is 5.30. The maximum atomic E-state index is 6.30. The highest BCUT2D eigenvalue weighted by molar-refractivity contribution is 7.10. The fourth-order valence-corrected chi connectivity index (χ4v) is 3.35. The van der Waals surface area contributed by atoms with Gasteiger partial charge in [0.05, 0.1) is 17.4 Å². The van der Waals surface area contributed by atoms with Gasteiger partial charge in [-0.3, -0.25) is 4.68 Å². The first kappa shape index (κ1) is 15.2. The minimum atomic E-state index is -0.0388. The normalized spacial score (nSPS) is 13.8. The third kappa shape index (κ3) is 2.65. The van der Waals surface area contributed by atoms with Crippen molar-refractivity contribution < 1.29 is 0 Å². The lowest BCUT2D eigenvalue weighted by molar-refractivity contribution is 0.326. The average Bonchev–Trinajstić information content (AvgIpc) is 2.92. The fourth-order valence-electron chi connectivity index (χ4n) is 2.29. The molecule has 2 rings (SSSR count). The molecule has 0 saturated carbocycles. The lowest BCUT2D eigenvalue weighted by atomic mass is 9.88. The Hall–Kier alpha value is -1.20. The minimum absolute atomic E-state index is 0.0206. The van der Waals surface area contributed by atoms with E-state index in [0.717, 1.165) is 28.5 Å². The Bertz CT molecular complexity index is 604. The van der Waals surface area contributed by atoms with Gasteiger partial charge in [0, 0.05) is 23.2 Å². The second-order valence-electron chi connectivity index (χ2n) is 6.28. The van der Waals surface area contributed by atoms with Gasteiger partial charge in [-0.25, -0.2) is 4.98 Å². The fraction of sp³-hybridized carbons (Fsp3) is 0.600. The molecular weight excluding hydrogens is 268 g/mol. The number of nitrogens with two attached hydrogens (primary N) is 1. The van der Waals surface area contributed by atoms with Crippen molar-refractivity contribution in [3.63, 3.8) is 0 Å². The van der Waals surface area contributed by atoms with E-state index in [4.69, 9.17) is 10.7 Å². The summed E-state index contributed by atoms with van der Waals surface area (Å²) in [5.74, 6) is 0. The zero-order valence-electron chi connectivity index (χ0n) is 13.2. The van der Waals surface area contributed by atoms with Gasteiger partial charge < -0.3 is 5.73 Å². The lowest BCUT2D eigenvalue weighted by Crippen LogP contribution is -2.26. The van der Waals surface area contributed by atoms with Crippen LogP contribution in [0.4, 0.5) is 0 Å². The molecule has 1 atom stereocenters. The van der Waals surface area contributed by atoms with E-state index in [2.05, 4.69) is 45.1 Å². The molecule has 0 amide bonds. The first-order valence-corrected chi connectivity index (χ1v) is 7.89. The Balaban J connectivity index is 2.42. The van der Waals surface area contributed by atoms with E-state index in [9.17, 15) is 0 Å². The van der Waals surface area contributed by atoms with Crippen molar-refractivity contribution in [3.05, 3.63) is 21.8 Å². The van der Waals surface area contributed by atoms with Crippen LogP contribution in [0.15, 0.2) is 5.38 Å². The Morgan fingerprint density at radius 2 is 2.00 bits per heavy atom. The third-order valence-corrected chi connectivity index (χ3v) is 4.59. The Morgan fingerprint density at radius 3 is 2.50 bits per heavy atom. The number of rotatable bonds is 3. The van der Waals surface area contributed by atoms with Gasteiger partial charge in [-0.05, 0) is 26.2 Å². The van der Waals surface area contributed by atoms with Crippen LogP contribution in [0.2, 0.25) is 0 Å². The van der Waals surface area contributed by atoms with Crippen molar-refractivity contribution in [2.75, 3.05) is 0 Å². The van der Waals surface area contributed by atoms with Gasteiger partial charge in [0.15, 0.2) is 0 Å². The molecule has 5 heteroatoms. The molecule has 0 radical (unpaired) electrons. The molecule has 0 aliphatic heterocycles. The minimum Gasteiger partial charge on any atom is -0.322 e. The van der Waals surface area contributed by atoms with E-state index in [-0.39, 0.29) is 11.5 Å². The topological polar surface area (TPSA) is 56.7 Å². The predicted molar refractivity (Wildman–Crippen MR) is 84.9 cm³/mol. The van der Waals surface area contributed by atoms with E-state index < -0.39 is 0 Å². The van der Waals surface area contributed by atoms with Crippen LogP contribution >= 0.6 is 11.3 Å². The molecule has 4 nitrogen and oxygen atoms in total. The van der Waals surface area contributed by atoms with Crippen molar-refractivity contribution in [1.82, 2.24) is 14.8 Å². The first-order valence-electron chi connectivity index (χ1n) is 7.01. The maximum absolute atomic E-state index is 6.30. The summed E-state index contributed by atoms with van der Waals surface area (Å²) in [7, 11) is 0. The zero-order chi connectivity index (χ0) is 15.1. The van der Waals surface area contributed by atoms with Gasteiger partial charge >= 0.3 is 0 Å². The summed E-state index contributed by atoms with van der Waals surface area (Å²) in [6.45, 7) is 13.5. The Labute approximate surface area is 125 Å². The highest BCUT2D eigenvalue weighted by atomic mass is 32.1. The molecule has 110 valence electrons. The van der Waals surface area contributed by atoms with Crippen molar-refractivity contribution in [2.24, 2.45) is 11.1 Å². The standard InChI is InChI=1S/C15H24N4S/c1-7-19-10(3)12(9(2)18-19)11-8-20-14(17-11)13(16)15(4,5)6/h8,13H,7,16H2,1-6H3. The molecule has 0 aliphatic carbocycles. The molecule has 20 heavy (non-hydrogen) atoms. The second-order valence-corrected chi connectivity index (χ2v) is 7.17. The first-order chi connectivity index (χ1) is 9.25. The molecule has 0 fully saturated rings. The summed E-state index contributed by atoms with van der Waals surface area (Å²) in [5.41, 5.74) is 10.7. The van der Waals surface area contributed by atoms with Crippen LogP contribution in [-0.2, 0) is 6.54 Å². The van der Waals surface area contributed by atoms with E-state index in [1.54, 1.807) is 11.3 Å². The van der Waals surface area contributed by atoms with Crippen molar-refractivity contribution >= 4 is 11.3 Å². The van der Waals surface area contributed by atoms with Crippen molar-refractivity contribution in [2.45, 2.75) is 54.1 Å². The van der Waals surface area contributed by atoms with Gasteiger partial charge in [0.1, 0.15) is 5.01 Å². The average molecular weight is 292 g/mol. The summed E-state index contributed by atoms with van der Waals surface area (Å²) in [4.78, 5) is 4.76. The van der Waals surface area contributed by atoms with Crippen molar-refractivity contribution in [1.29, 1.82) is 0 Å². The van der Waals surface area contributed by atoms with Crippen LogP contribution in [0, 0.1) is 19.3 Å². The summed E-state index contributed by atoms with van der Waals surface area (Å²) in [5, 5.41) is 7.65. The van der Waals surface area contributed by atoms with Crippen LogP contribution in [0.1, 0.15) is 50.1 Å². The van der Waals surface area contributed by atoms with Gasteiger partial charge in [-0.1, -0.05) is 20.8 Å². The predicted octanol–water partition coefficient (Wildman–Crippen LogP) is 3.69. The number of hydrogen-bond acceptors (Lipinski definition) is 4. The molecule has 2 aromatic rings. The smallest absolute Gasteiger partial charge is 0.111 e. The van der Waals surface area contributed by atoms with Crippen LogP contribution in [0.25, 0.3) is 11.3 Å². The van der Waals surface area contributed by atoms with Gasteiger partial charge in [0.25, 0.3) is 0 Å². The molecule has 0 aliphatic rings. The highest BCUT2D eigenvalue weighted by Crippen LogP contribution is 2.35. The number of aryl methyl sites for hydroxylation is 2. The monoisotopic (exact) mass is 292 g/mol. The number of hydrogen-bond donors (Lipinski definition) is 1. The van der Waals surface area contributed by atoms with E-state index in [0.29, 0.717) is 0 Å². The molecule has 0 aromatic carbocycles. The van der Waals surface area contributed by atoms with E-state index >= 15 is 0 Å². The summed E-state index contributed by atoms with van der Waals surface area (Å²) < 4.78 is 2.02. The zero-order valence-corrected chi connectivity index (χ0v) is 14.0. The molecule has 0 spiro atoms. The van der Waals surface area contributed by atoms with Crippen molar-refractivity contribution in [3.8, 4) is 11.3 Å². The molecule has 0 saturated heterocycles. The van der Waals surface area contributed by atoms with Crippen LogP contribution in [0.3, 0.4) is 0 Å². The Kier molecular flexibility index (Phi) is 4.02. The van der Waals surface area contributed by atoms with Crippen LogP contribution in [0.5, 0.6) is 0 Å².